The molecule has 1 aromatic rings. The van der Waals surface area contributed by atoms with E-state index in [1.807, 2.05) is 18.2 Å². The predicted molar refractivity (Wildman–Crippen MR) is 79.1 cm³/mol. The van der Waals surface area contributed by atoms with Gasteiger partial charge < -0.3 is 15.3 Å². The second-order valence-electron chi connectivity index (χ2n) is 5.78. The molecular weight excluding hydrogens is 252 g/mol. The molecule has 4 nitrogen and oxygen atoms in total. The average Bonchev–Trinajstić information content (AvgIpc) is 2.46. The van der Waals surface area contributed by atoms with Gasteiger partial charge in [-0.15, -0.1) is 0 Å². The van der Waals surface area contributed by atoms with Gasteiger partial charge in [0.25, 0.3) is 0 Å². The molecule has 0 spiro atoms. The molecule has 2 rings (SSSR count). The van der Waals surface area contributed by atoms with Gasteiger partial charge in [0.05, 0.1) is 6.10 Å². The van der Waals surface area contributed by atoms with Crippen LogP contribution in [0.3, 0.4) is 0 Å². The molecule has 0 heterocycles. The van der Waals surface area contributed by atoms with Crippen LogP contribution in [0.1, 0.15) is 24.8 Å². The zero-order valence-electron chi connectivity index (χ0n) is 12.2. The summed E-state index contributed by atoms with van der Waals surface area (Å²) in [4.78, 5) is 13.7. The lowest BCUT2D eigenvalue weighted by Crippen LogP contribution is -2.47. The number of carbonyl (C=O) groups excluding carboxylic acids is 1. The van der Waals surface area contributed by atoms with Crippen LogP contribution in [0.5, 0.6) is 0 Å². The molecule has 3 atom stereocenters. The number of rotatable bonds is 4. The molecule has 0 radical (unpaired) electrons. The van der Waals surface area contributed by atoms with Crippen molar-refractivity contribution in [3.63, 3.8) is 0 Å². The number of aliphatic hydroxyl groups excluding tert-OH is 1. The summed E-state index contributed by atoms with van der Waals surface area (Å²) in [6.45, 7) is 0.728. The van der Waals surface area contributed by atoms with E-state index < -0.39 is 0 Å². The number of hydrogen-bond acceptors (Lipinski definition) is 3. The molecule has 4 heteroatoms. The molecule has 1 unspecified atom stereocenters. The van der Waals surface area contributed by atoms with E-state index in [4.69, 9.17) is 0 Å². The summed E-state index contributed by atoms with van der Waals surface area (Å²) in [5, 5.41) is 13.5. The molecule has 1 aromatic carbocycles. The lowest BCUT2D eigenvalue weighted by Gasteiger charge is -2.34. The first-order valence-corrected chi connectivity index (χ1v) is 7.24. The number of nitrogens with one attached hydrogen (secondary N) is 1. The van der Waals surface area contributed by atoms with Gasteiger partial charge in [-0.2, -0.15) is 0 Å². The molecule has 1 aliphatic rings. The fraction of sp³-hybridized carbons (Fsp3) is 0.562. The van der Waals surface area contributed by atoms with Gasteiger partial charge in [-0.05, 0) is 24.8 Å². The van der Waals surface area contributed by atoms with E-state index in [1.165, 1.54) is 5.56 Å². The maximum absolute atomic E-state index is 12.0. The summed E-state index contributed by atoms with van der Waals surface area (Å²) in [6.07, 6.45) is 1.83. The highest BCUT2D eigenvalue weighted by atomic mass is 16.3. The maximum Gasteiger partial charge on any atom is 0.225 e. The highest BCUT2D eigenvalue weighted by Gasteiger charge is 2.33. The monoisotopic (exact) mass is 276 g/mol. The quantitative estimate of drug-likeness (QED) is 0.874. The van der Waals surface area contributed by atoms with Gasteiger partial charge in [-0.25, -0.2) is 0 Å². The highest BCUT2D eigenvalue weighted by molar-refractivity contribution is 5.78. The fourth-order valence-corrected chi connectivity index (χ4v) is 2.81. The van der Waals surface area contributed by atoms with Crippen LogP contribution in [0.15, 0.2) is 30.3 Å². The Balaban J connectivity index is 1.90. The number of aliphatic hydroxyl groups is 1. The zero-order valence-corrected chi connectivity index (χ0v) is 12.2. The van der Waals surface area contributed by atoms with E-state index in [-0.39, 0.29) is 24.0 Å². The van der Waals surface area contributed by atoms with Crippen LogP contribution in [0.4, 0.5) is 0 Å². The molecule has 0 bridgehead atoms. The van der Waals surface area contributed by atoms with E-state index in [0.29, 0.717) is 12.8 Å². The van der Waals surface area contributed by atoms with Gasteiger partial charge in [0, 0.05) is 32.6 Å². The van der Waals surface area contributed by atoms with Gasteiger partial charge in [-0.3, -0.25) is 4.79 Å². The first-order chi connectivity index (χ1) is 9.58. The lowest BCUT2D eigenvalue weighted by molar-refractivity contribution is -0.135. The van der Waals surface area contributed by atoms with E-state index in [1.54, 1.807) is 19.0 Å². The number of amides is 1. The second-order valence-corrected chi connectivity index (χ2v) is 5.78. The van der Waals surface area contributed by atoms with Gasteiger partial charge >= 0.3 is 0 Å². The van der Waals surface area contributed by atoms with Gasteiger partial charge in [0.15, 0.2) is 0 Å². The standard InChI is InChI=1S/C16H24N2O2/c1-18(2)16(20)13-8-9-15(19)14(10-13)17-11-12-6-4-3-5-7-12/h3-7,13-15,17,19H,8-11H2,1-2H3/t13-,14?,15+/m0/s1. The summed E-state index contributed by atoms with van der Waals surface area (Å²) in [5.41, 5.74) is 1.20. The van der Waals surface area contributed by atoms with Crippen LogP contribution < -0.4 is 5.32 Å². The fourth-order valence-electron chi connectivity index (χ4n) is 2.81. The molecule has 110 valence electrons. The summed E-state index contributed by atoms with van der Waals surface area (Å²) < 4.78 is 0. The van der Waals surface area contributed by atoms with Crippen LogP contribution in [-0.4, -0.2) is 42.2 Å². The second kappa shape index (κ2) is 6.86. The highest BCUT2D eigenvalue weighted by Crippen LogP contribution is 2.26. The smallest absolute Gasteiger partial charge is 0.225 e. The summed E-state index contributed by atoms with van der Waals surface area (Å²) in [5.74, 6) is 0.199. The molecular formula is C16H24N2O2. The third kappa shape index (κ3) is 3.81. The minimum absolute atomic E-state index is 0.00199. The number of benzene rings is 1. The van der Waals surface area contributed by atoms with Crippen LogP contribution in [0.25, 0.3) is 0 Å². The molecule has 1 saturated carbocycles. The maximum atomic E-state index is 12.0. The number of hydrogen-bond donors (Lipinski definition) is 2. The third-order valence-corrected chi connectivity index (χ3v) is 4.02. The first-order valence-electron chi connectivity index (χ1n) is 7.24. The Hall–Kier alpha value is -1.39. The van der Waals surface area contributed by atoms with Crippen molar-refractivity contribution in [3.05, 3.63) is 35.9 Å². The molecule has 2 N–H and O–H groups in total. The topological polar surface area (TPSA) is 52.6 Å². The van der Waals surface area contributed by atoms with Crippen molar-refractivity contribution in [2.75, 3.05) is 14.1 Å². The van der Waals surface area contributed by atoms with E-state index in [0.717, 1.165) is 13.0 Å². The van der Waals surface area contributed by atoms with Crippen LogP contribution in [0, 0.1) is 5.92 Å². The van der Waals surface area contributed by atoms with Crippen molar-refractivity contribution >= 4 is 5.91 Å². The molecule has 0 aromatic heterocycles. The minimum Gasteiger partial charge on any atom is -0.392 e. The summed E-state index contributed by atoms with van der Waals surface area (Å²) in [6, 6.07) is 10.1. The Bertz CT molecular complexity index is 433. The Morgan fingerprint density at radius 2 is 2.00 bits per heavy atom. The van der Waals surface area contributed by atoms with Gasteiger partial charge in [0.2, 0.25) is 5.91 Å². The Morgan fingerprint density at radius 3 is 2.65 bits per heavy atom. The molecule has 0 saturated heterocycles. The van der Waals surface area contributed by atoms with Crippen LogP contribution in [0.2, 0.25) is 0 Å². The number of carbonyl (C=O) groups is 1. The van der Waals surface area contributed by atoms with Crippen molar-refractivity contribution in [1.29, 1.82) is 0 Å². The van der Waals surface area contributed by atoms with E-state index in [9.17, 15) is 9.90 Å². The average molecular weight is 276 g/mol. The van der Waals surface area contributed by atoms with Crippen molar-refractivity contribution in [3.8, 4) is 0 Å². The number of nitrogens with zero attached hydrogens (tertiary/aromatic N) is 1. The van der Waals surface area contributed by atoms with E-state index in [2.05, 4.69) is 17.4 Å². The minimum atomic E-state index is -0.357. The Morgan fingerprint density at radius 1 is 1.30 bits per heavy atom. The zero-order chi connectivity index (χ0) is 14.5. The molecule has 1 aliphatic carbocycles. The van der Waals surface area contributed by atoms with Crippen LogP contribution >= 0.6 is 0 Å². The van der Waals surface area contributed by atoms with Crippen molar-refractivity contribution in [1.82, 2.24) is 10.2 Å². The summed E-state index contributed by atoms with van der Waals surface area (Å²) >= 11 is 0. The lowest BCUT2D eigenvalue weighted by atomic mass is 9.83. The van der Waals surface area contributed by atoms with Crippen LogP contribution in [-0.2, 0) is 11.3 Å². The van der Waals surface area contributed by atoms with Gasteiger partial charge in [0.1, 0.15) is 0 Å². The van der Waals surface area contributed by atoms with Crippen molar-refractivity contribution < 1.29 is 9.90 Å². The Labute approximate surface area is 120 Å². The Kier molecular flexibility index (Phi) is 5.15. The van der Waals surface area contributed by atoms with Crippen molar-refractivity contribution in [2.24, 2.45) is 5.92 Å². The molecule has 20 heavy (non-hydrogen) atoms. The van der Waals surface area contributed by atoms with Crippen molar-refractivity contribution in [2.45, 2.75) is 38.0 Å². The predicted octanol–water partition coefficient (Wildman–Crippen LogP) is 1.39. The SMILES string of the molecule is CN(C)C(=O)[C@H]1CC[C@@H](O)C(NCc2ccccc2)C1. The normalized spacial score (nSPS) is 26.2. The molecule has 1 amide bonds. The molecule has 1 fully saturated rings. The first kappa shape index (κ1) is 15.0. The van der Waals surface area contributed by atoms with E-state index >= 15 is 0 Å². The molecule has 0 aliphatic heterocycles. The third-order valence-electron chi connectivity index (χ3n) is 4.02. The van der Waals surface area contributed by atoms with Gasteiger partial charge in [-0.1, -0.05) is 30.3 Å². The largest absolute Gasteiger partial charge is 0.392 e. The summed E-state index contributed by atoms with van der Waals surface area (Å²) in [7, 11) is 3.58.